The third kappa shape index (κ3) is 14.7. The first-order chi connectivity index (χ1) is 10.4. The van der Waals surface area contributed by atoms with Crippen LogP contribution in [0.1, 0.15) is 66.2 Å². The fourth-order valence-electron chi connectivity index (χ4n) is 1.55. The van der Waals surface area contributed by atoms with Crippen LogP contribution < -0.4 is 10.9 Å². The van der Waals surface area contributed by atoms with Gasteiger partial charge in [0.25, 0.3) is 0 Å². The van der Waals surface area contributed by atoms with Crippen molar-refractivity contribution >= 4 is 24.2 Å². The number of rotatable bonds is 11. The number of hydrogen-bond donors (Lipinski definition) is 2. The van der Waals surface area contributed by atoms with E-state index in [-0.39, 0.29) is 11.8 Å². The lowest BCUT2D eigenvalue weighted by atomic mass is 10.1. The van der Waals surface area contributed by atoms with Crippen molar-refractivity contribution < 1.29 is 9.59 Å². The predicted octanol–water partition coefficient (Wildman–Crippen LogP) is 2.84. The molecule has 6 nitrogen and oxygen atoms in total. The topological polar surface area (TPSA) is 82.9 Å². The zero-order chi connectivity index (χ0) is 16.8. The molecule has 126 valence electrons. The van der Waals surface area contributed by atoms with E-state index < -0.39 is 0 Å². The second-order valence-corrected chi connectivity index (χ2v) is 6.03. The quantitative estimate of drug-likeness (QED) is 0.349. The average molecular weight is 310 g/mol. The van der Waals surface area contributed by atoms with E-state index >= 15 is 0 Å². The van der Waals surface area contributed by atoms with Gasteiger partial charge in [-0.25, -0.2) is 10.9 Å². The fraction of sp³-hybridized carbons (Fsp3) is 0.750. The number of nitrogens with zero attached hydrogens (tertiary/aromatic N) is 2. The standard InChI is InChI=1S/C16H30N4O2/c1-13(2)11-17-19-15(21)9-7-5-6-8-10-16(22)20-18-12-14(3)4/h11-14H,5-10H2,1-4H3,(H,19,21)(H,20,22)/b17-11+,18-12+. The van der Waals surface area contributed by atoms with Gasteiger partial charge < -0.3 is 0 Å². The summed E-state index contributed by atoms with van der Waals surface area (Å²) in [6.45, 7) is 8.00. The van der Waals surface area contributed by atoms with Crippen molar-refractivity contribution in [2.45, 2.75) is 66.2 Å². The van der Waals surface area contributed by atoms with Crippen LogP contribution in [-0.2, 0) is 9.59 Å². The first kappa shape index (κ1) is 20.3. The Morgan fingerprint density at radius 1 is 0.773 bits per heavy atom. The predicted molar refractivity (Wildman–Crippen MR) is 90.6 cm³/mol. The molecule has 0 aliphatic heterocycles. The highest BCUT2D eigenvalue weighted by Crippen LogP contribution is 2.05. The molecule has 0 rings (SSSR count). The summed E-state index contributed by atoms with van der Waals surface area (Å²) in [6, 6.07) is 0. The maximum atomic E-state index is 11.4. The van der Waals surface area contributed by atoms with E-state index in [1.54, 1.807) is 12.4 Å². The van der Waals surface area contributed by atoms with Gasteiger partial charge in [-0.05, 0) is 24.7 Å². The Morgan fingerprint density at radius 2 is 1.14 bits per heavy atom. The zero-order valence-corrected chi connectivity index (χ0v) is 14.3. The molecular formula is C16H30N4O2. The van der Waals surface area contributed by atoms with Crippen molar-refractivity contribution in [1.82, 2.24) is 10.9 Å². The summed E-state index contributed by atoms with van der Waals surface area (Å²) in [5.74, 6) is 0.544. The Balaban J connectivity index is 3.50. The van der Waals surface area contributed by atoms with E-state index in [9.17, 15) is 9.59 Å². The number of carbonyl (C=O) groups is 2. The summed E-state index contributed by atoms with van der Waals surface area (Å²) in [4.78, 5) is 22.9. The van der Waals surface area contributed by atoms with Crippen molar-refractivity contribution in [2.24, 2.45) is 22.0 Å². The molecule has 0 spiro atoms. The lowest BCUT2D eigenvalue weighted by molar-refractivity contribution is -0.122. The number of unbranched alkanes of at least 4 members (excludes halogenated alkanes) is 3. The molecule has 0 heterocycles. The molecule has 0 saturated heterocycles. The molecule has 22 heavy (non-hydrogen) atoms. The summed E-state index contributed by atoms with van der Waals surface area (Å²) in [7, 11) is 0. The molecule has 0 aliphatic carbocycles. The maximum absolute atomic E-state index is 11.4. The van der Waals surface area contributed by atoms with Crippen LogP contribution in [0.2, 0.25) is 0 Å². The molecular weight excluding hydrogens is 280 g/mol. The third-order valence-corrected chi connectivity index (χ3v) is 2.68. The van der Waals surface area contributed by atoms with Crippen LogP contribution in [0.25, 0.3) is 0 Å². The molecule has 0 aliphatic rings. The van der Waals surface area contributed by atoms with E-state index in [4.69, 9.17) is 0 Å². The van der Waals surface area contributed by atoms with E-state index in [1.807, 2.05) is 27.7 Å². The van der Waals surface area contributed by atoms with Gasteiger partial charge in [0.15, 0.2) is 0 Å². The van der Waals surface area contributed by atoms with Crippen LogP contribution in [0.15, 0.2) is 10.2 Å². The highest BCUT2D eigenvalue weighted by molar-refractivity contribution is 5.77. The molecule has 0 aromatic rings. The van der Waals surface area contributed by atoms with Crippen LogP contribution >= 0.6 is 0 Å². The minimum Gasteiger partial charge on any atom is -0.273 e. The number of hydrazone groups is 2. The summed E-state index contributed by atoms with van der Waals surface area (Å²) in [5.41, 5.74) is 5.01. The molecule has 0 fully saturated rings. The summed E-state index contributed by atoms with van der Waals surface area (Å²) >= 11 is 0. The second-order valence-electron chi connectivity index (χ2n) is 6.03. The van der Waals surface area contributed by atoms with Crippen molar-refractivity contribution in [1.29, 1.82) is 0 Å². The van der Waals surface area contributed by atoms with E-state index in [2.05, 4.69) is 21.1 Å². The van der Waals surface area contributed by atoms with E-state index in [0.717, 1.165) is 25.7 Å². The Kier molecular flexibility index (Phi) is 12.0. The molecule has 0 atom stereocenters. The van der Waals surface area contributed by atoms with E-state index in [1.165, 1.54) is 0 Å². The van der Waals surface area contributed by atoms with Gasteiger partial charge in [-0.15, -0.1) is 0 Å². The molecule has 2 amide bonds. The minimum absolute atomic E-state index is 0.0577. The number of carbonyl (C=O) groups excluding carboxylic acids is 2. The molecule has 6 heteroatoms. The number of amides is 2. The van der Waals surface area contributed by atoms with Crippen molar-refractivity contribution in [3.63, 3.8) is 0 Å². The molecule has 0 saturated carbocycles. The van der Waals surface area contributed by atoms with Gasteiger partial charge in [0.05, 0.1) is 0 Å². The monoisotopic (exact) mass is 310 g/mol. The number of nitrogens with one attached hydrogen (secondary N) is 2. The van der Waals surface area contributed by atoms with Crippen molar-refractivity contribution in [3.05, 3.63) is 0 Å². The van der Waals surface area contributed by atoms with Crippen LogP contribution in [0.3, 0.4) is 0 Å². The molecule has 0 aromatic carbocycles. The van der Waals surface area contributed by atoms with Gasteiger partial charge in [0.2, 0.25) is 11.8 Å². The Bertz CT molecular complexity index is 340. The van der Waals surface area contributed by atoms with Crippen LogP contribution in [0.4, 0.5) is 0 Å². The zero-order valence-electron chi connectivity index (χ0n) is 14.3. The lowest BCUT2D eigenvalue weighted by Crippen LogP contribution is -2.18. The van der Waals surface area contributed by atoms with Gasteiger partial charge in [-0.2, -0.15) is 10.2 Å². The maximum Gasteiger partial charge on any atom is 0.240 e. The van der Waals surface area contributed by atoms with Crippen LogP contribution in [0, 0.1) is 11.8 Å². The molecule has 2 N–H and O–H groups in total. The highest BCUT2D eigenvalue weighted by atomic mass is 16.2. The highest BCUT2D eigenvalue weighted by Gasteiger charge is 2.02. The van der Waals surface area contributed by atoms with Gasteiger partial charge in [-0.3, -0.25) is 9.59 Å². The molecule has 0 radical (unpaired) electrons. The van der Waals surface area contributed by atoms with Gasteiger partial charge in [0.1, 0.15) is 0 Å². The first-order valence-corrected chi connectivity index (χ1v) is 8.06. The Morgan fingerprint density at radius 3 is 1.45 bits per heavy atom. The molecule has 0 unspecified atom stereocenters. The number of hydrogen-bond acceptors (Lipinski definition) is 4. The minimum atomic E-state index is -0.0577. The summed E-state index contributed by atoms with van der Waals surface area (Å²) < 4.78 is 0. The van der Waals surface area contributed by atoms with Gasteiger partial charge in [0, 0.05) is 25.3 Å². The van der Waals surface area contributed by atoms with Crippen LogP contribution in [0.5, 0.6) is 0 Å². The SMILES string of the molecule is CC(C)/C=N/NC(=O)CCCCCCC(=O)N/N=C/C(C)C. The Labute approximate surface area is 133 Å². The molecule has 0 bridgehead atoms. The van der Waals surface area contributed by atoms with Gasteiger partial charge in [-0.1, -0.05) is 40.5 Å². The fourth-order valence-corrected chi connectivity index (χ4v) is 1.55. The normalized spacial score (nSPS) is 11.7. The smallest absolute Gasteiger partial charge is 0.240 e. The Hall–Kier alpha value is -1.72. The van der Waals surface area contributed by atoms with E-state index in [0.29, 0.717) is 24.7 Å². The van der Waals surface area contributed by atoms with Gasteiger partial charge >= 0.3 is 0 Å². The molecule has 0 aromatic heterocycles. The van der Waals surface area contributed by atoms with Crippen LogP contribution in [-0.4, -0.2) is 24.2 Å². The van der Waals surface area contributed by atoms with Crippen molar-refractivity contribution in [2.75, 3.05) is 0 Å². The first-order valence-electron chi connectivity index (χ1n) is 8.06. The van der Waals surface area contributed by atoms with Crippen molar-refractivity contribution in [3.8, 4) is 0 Å². The lowest BCUT2D eigenvalue weighted by Gasteiger charge is -2.02. The summed E-state index contributed by atoms with van der Waals surface area (Å²) in [5, 5.41) is 7.72. The third-order valence-electron chi connectivity index (χ3n) is 2.68. The second kappa shape index (κ2) is 13.0. The average Bonchev–Trinajstić information content (AvgIpc) is 2.41. The largest absolute Gasteiger partial charge is 0.273 e. The summed E-state index contributed by atoms with van der Waals surface area (Å²) in [6.07, 6.45) is 7.86.